The molecule has 4 atom stereocenters. The molecule has 4 amide bonds. The molecular formula is C17H27N5O8S. The molecule has 0 bridgehead atoms. The highest BCUT2D eigenvalue weighted by Gasteiger charge is 2.38. The van der Waals surface area contributed by atoms with Crippen LogP contribution in [0.25, 0.3) is 0 Å². The smallest absolute Gasteiger partial charge is 0.326 e. The van der Waals surface area contributed by atoms with E-state index in [1.165, 1.54) is 0 Å². The minimum atomic E-state index is -1.44. The standard InChI is InChI=1S/C17H27N5O8S/c18-8(6-13(24)25)14(26)20-9(3-4-12(19)23)15(27)21-10(7-31)16(28)22-5-1-2-11(22)17(29)30/h8-11,31H,1-7,18H2,(H2,19,23)(H,20,26)(H,21,27)(H,24,25)(H,29,30). The second-order valence-electron chi connectivity index (χ2n) is 7.04. The second kappa shape index (κ2) is 12.1. The van der Waals surface area contributed by atoms with E-state index in [9.17, 15) is 33.9 Å². The molecule has 1 rings (SSSR count). The number of amides is 4. The number of nitrogens with zero attached hydrogens (tertiary/aromatic N) is 1. The van der Waals surface area contributed by atoms with Crippen molar-refractivity contribution in [2.24, 2.45) is 11.5 Å². The predicted octanol–water partition coefficient (Wildman–Crippen LogP) is -2.97. The molecule has 1 fully saturated rings. The first kappa shape index (κ1) is 26.2. The molecule has 0 saturated carbocycles. The van der Waals surface area contributed by atoms with E-state index < -0.39 is 66.2 Å². The van der Waals surface area contributed by atoms with E-state index in [1.807, 2.05) is 0 Å². The Morgan fingerprint density at radius 2 is 1.68 bits per heavy atom. The molecule has 0 aliphatic carbocycles. The van der Waals surface area contributed by atoms with E-state index in [1.54, 1.807) is 0 Å². The number of thiol groups is 1. The third-order valence-electron chi connectivity index (χ3n) is 4.66. The summed E-state index contributed by atoms with van der Waals surface area (Å²) < 4.78 is 0. The van der Waals surface area contributed by atoms with Gasteiger partial charge in [-0.3, -0.25) is 24.0 Å². The molecule has 1 aliphatic rings. The molecule has 0 aromatic heterocycles. The van der Waals surface area contributed by atoms with Crippen LogP contribution in [0.3, 0.4) is 0 Å². The van der Waals surface area contributed by atoms with Gasteiger partial charge < -0.3 is 37.2 Å². The number of carbonyl (C=O) groups excluding carboxylic acids is 4. The summed E-state index contributed by atoms with van der Waals surface area (Å²) in [6.07, 6.45) is -0.401. The summed E-state index contributed by atoms with van der Waals surface area (Å²) in [6.45, 7) is 0.210. The average molecular weight is 461 g/mol. The summed E-state index contributed by atoms with van der Waals surface area (Å²) in [5.74, 6) is -5.81. The number of carboxylic acids is 2. The summed E-state index contributed by atoms with van der Waals surface area (Å²) in [5, 5.41) is 22.6. The average Bonchev–Trinajstić information content (AvgIpc) is 3.17. The maximum absolute atomic E-state index is 12.7. The SMILES string of the molecule is NC(=O)CCC(NC(=O)C(N)CC(=O)O)C(=O)NC(CS)C(=O)N1CCCC1C(=O)O. The van der Waals surface area contributed by atoms with Gasteiger partial charge >= 0.3 is 11.9 Å². The van der Waals surface area contributed by atoms with Crippen LogP contribution in [0.2, 0.25) is 0 Å². The molecule has 14 heteroatoms. The van der Waals surface area contributed by atoms with Crippen molar-refractivity contribution in [2.75, 3.05) is 12.3 Å². The molecular weight excluding hydrogens is 434 g/mol. The third-order valence-corrected chi connectivity index (χ3v) is 5.03. The molecule has 0 aromatic carbocycles. The van der Waals surface area contributed by atoms with Crippen LogP contribution in [0, 0.1) is 0 Å². The molecule has 1 heterocycles. The summed E-state index contributed by atoms with van der Waals surface area (Å²) in [5.41, 5.74) is 10.6. The lowest BCUT2D eigenvalue weighted by atomic mass is 10.1. The zero-order valence-corrected chi connectivity index (χ0v) is 17.5. The zero-order chi connectivity index (χ0) is 23.7. The third kappa shape index (κ3) is 8.05. The van der Waals surface area contributed by atoms with Crippen molar-refractivity contribution in [3.05, 3.63) is 0 Å². The number of carbonyl (C=O) groups is 6. The highest BCUT2D eigenvalue weighted by atomic mass is 32.1. The summed E-state index contributed by atoms with van der Waals surface area (Å²) in [4.78, 5) is 71.8. The van der Waals surface area contributed by atoms with Crippen molar-refractivity contribution >= 4 is 48.2 Å². The molecule has 8 N–H and O–H groups in total. The van der Waals surface area contributed by atoms with Crippen LogP contribution >= 0.6 is 12.6 Å². The first-order chi connectivity index (χ1) is 14.5. The molecule has 1 aliphatic heterocycles. The lowest BCUT2D eigenvalue weighted by molar-refractivity contribution is -0.149. The number of nitrogens with one attached hydrogen (secondary N) is 2. The molecule has 31 heavy (non-hydrogen) atoms. The molecule has 4 unspecified atom stereocenters. The van der Waals surface area contributed by atoms with Gasteiger partial charge in [-0.15, -0.1) is 0 Å². The van der Waals surface area contributed by atoms with Gasteiger partial charge in [0.25, 0.3) is 0 Å². The summed E-state index contributed by atoms with van der Waals surface area (Å²) in [6, 6.07) is -4.96. The van der Waals surface area contributed by atoms with Crippen molar-refractivity contribution < 1.29 is 39.0 Å². The predicted molar refractivity (Wildman–Crippen MR) is 109 cm³/mol. The monoisotopic (exact) mass is 461 g/mol. The van der Waals surface area contributed by atoms with E-state index in [4.69, 9.17) is 16.6 Å². The molecule has 174 valence electrons. The Balaban J connectivity index is 2.89. The topological polar surface area (TPSA) is 222 Å². The zero-order valence-electron chi connectivity index (χ0n) is 16.7. The lowest BCUT2D eigenvalue weighted by Gasteiger charge is -2.28. The quantitative estimate of drug-likeness (QED) is 0.147. The Hall–Kier alpha value is -2.87. The minimum Gasteiger partial charge on any atom is -0.481 e. The largest absolute Gasteiger partial charge is 0.481 e. The van der Waals surface area contributed by atoms with Gasteiger partial charge in [0.1, 0.15) is 18.1 Å². The van der Waals surface area contributed by atoms with Gasteiger partial charge in [0.2, 0.25) is 23.6 Å². The fraction of sp³-hybridized carbons (Fsp3) is 0.647. The van der Waals surface area contributed by atoms with Crippen molar-refractivity contribution in [1.82, 2.24) is 15.5 Å². The van der Waals surface area contributed by atoms with Crippen LogP contribution in [0.5, 0.6) is 0 Å². The van der Waals surface area contributed by atoms with Crippen LogP contribution in [0.1, 0.15) is 32.1 Å². The Morgan fingerprint density at radius 1 is 1.06 bits per heavy atom. The molecule has 1 saturated heterocycles. The maximum atomic E-state index is 12.7. The van der Waals surface area contributed by atoms with Crippen molar-refractivity contribution in [3.63, 3.8) is 0 Å². The minimum absolute atomic E-state index is 0.150. The van der Waals surface area contributed by atoms with Crippen LogP contribution in [0.15, 0.2) is 0 Å². The summed E-state index contributed by atoms with van der Waals surface area (Å²) in [7, 11) is 0. The number of nitrogens with two attached hydrogens (primary N) is 2. The molecule has 0 spiro atoms. The number of likely N-dealkylation sites (tertiary alicyclic amines) is 1. The lowest BCUT2D eigenvalue weighted by Crippen LogP contribution is -2.57. The number of aliphatic carboxylic acids is 2. The molecule has 13 nitrogen and oxygen atoms in total. The van der Waals surface area contributed by atoms with Gasteiger partial charge in [-0.2, -0.15) is 12.6 Å². The first-order valence-electron chi connectivity index (χ1n) is 9.48. The van der Waals surface area contributed by atoms with Crippen molar-refractivity contribution in [3.8, 4) is 0 Å². The fourth-order valence-electron chi connectivity index (χ4n) is 3.06. The van der Waals surface area contributed by atoms with Crippen molar-refractivity contribution in [2.45, 2.75) is 56.3 Å². The van der Waals surface area contributed by atoms with Gasteiger partial charge in [0.05, 0.1) is 12.5 Å². The highest BCUT2D eigenvalue weighted by molar-refractivity contribution is 7.80. The fourth-order valence-corrected chi connectivity index (χ4v) is 3.31. The number of hydrogen-bond acceptors (Lipinski definition) is 8. The summed E-state index contributed by atoms with van der Waals surface area (Å²) >= 11 is 4.04. The van der Waals surface area contributed by atoms with Gasteiger partial charge in [-0.25, -0.2) is 4.79 Å². The Labute approximate surface area is 183 Å². The van der Waals surface area contributed by atoms with Gasteiger partial charge in [0, 0.05) is 18.7 Å². The van der Waals surface area contributed by atoms with E-state index in [0.29, 0.717) is 6.42 Å². The maximum Gasteiger partial charge on any atom is 0.326 e. The van der Waals surface area contributed by atoms with Crippen LogP contribution in [0.4, 0.5) is 0 Å². The Kier molecular flexibility index (Phi) is 10.2. The number of hydrogen-bond donors (Lipinski definition) is 7. The second-order valence-corrected chi connectivity index (χ2v) is 7.41. The number of primary amides is 1. The Bertz CT molecular complexity index is 733. The van der Waals surface area contributed by atoms with Gasteiger partial charge in [-0.05, 0) is 19.3 Å². The Morgan fingerprint density at radius 3 is 2.19 bits per heavy atom. The molecule has 0 radical (unpaired) electrons. The number of rotatable bonds is 12. The van der Waals surface area contributed by atoms with E-state index >= 15 is 0 Å². The van der Waals surface area contributed by atoms with Crippen LogP contribution in [-0.2, 0) is 28.8 Å². The van der Waals surface area contributed by atoms with Crippen LogP contribution in [-0.4, -0.2) is 87.1 Å². The first-order valence-corrected chi connectivity index (χ1v) is 10.1. The van der Waals surface area contributed by atoms with E-state index in [2.05, 4.69) is 23.3 Å². The van der Waals surface area contributed by atoms with E-state index in [-0.39, 0.29) is 31.6 Å². The highest BCUT2D eigenvalue weighted by Crippen LogP contribution is 2.19. The van der Waals surface area contributed by atoms with Crippen LogP contribution < -0.4 is 22.1 Å². The molecule has 0 aromatic rings. The van der Waals surface area contributed by atoms with E-state index in [0.717, 1.165) is 4.90 Å². The normalized spacial score (nSPS) is 18.5. The van der Waals surface area contributed by atoms with Gasteiger partial charge in [-0.1, -0.05) is 0 Å². The number of carboxylic acid groups (broad SMARTS) is 2. The van der Waals surface area contributed by atoms with Gasteiger partial charge in [0.15, 0.2) is 0 Å². The van der Waals surface area contributed by atoms with Crippen molar-refractivity contribution in [1.29, 1.82) is 0 Å².